The molecule has 1 atom stereocenters. The Bertz CT molecular complexity index is 928. The molecule has 0 aliphatic carbocycles. The minimum atomic E-state index is -1.16. The van der Waals surface area contributed by atoms with E-state index in [4.69, 9.17) is 9.47 Å². The highest BCUT2D eigenvalue weighted by Crippen LogP contribution is 2.41. The molecule has 0 bridgehead atoms. The van der Waals surface area contributed by atoms with Gasteiger partial charge in [0.15, 0.2) is 0 Å². The van der Waals surface area contributed by atoms with Crippen LogP contribution in [0.1, 0.15) is 24.8 Å². The molecule has 2 aliphatic rings. The fourth-order valence-corrected chi connectivity index (χ4v) is 4.07. The van der Waals surface area contributed by atoms with Crippen LogP contribution < -0.4 is 9.64 Å². The predicted octanol–water partition coefficient (Wildman–Crippen LogP) is 3.13. The van der Waals surface area contributed by atoms with Crippen molar-refractivity contribution >= 4 is 23.6 Å². The van der Waals surface area contributed by atoms with Crippen LogP contribution in [-0.2, 0) is 20.9 Å². The number of carbonyl (C=O) groups is 3. The summed E-state index contributed by atoms with van der Waals surface area (Å²) in [6.45, 7) is 0.514. The first-order valence-corrected chi connectivity index (χ1v) is 9.55. The summed E-state index contributed by atoms with van der Waals surface area (Å²) in [5.41, 5.74) is 0.176. The van der Waals surface area contributed by atoms with E-state index in [-0.39, 0.29) is 24.8 Å². The highest BCUT2D eigenvalue weighted by Gasteiger charge is 2.59. The van der Waals surface area contributed by atoms with Crippen LogP contribution >= 0.6 is 0 Å². The summed E-state index contributed by atoms with van der Waals surface area (Å²) in [4.78, 5) is 41.4. The van der Waals surface area contributed by atoms with Crippen LogP contribution in [0, 0.1) is 0 Å². The summed E-state index contributed by atoms with van der Waals surface area (Å²) in [6.07, 6.45) is 0.503. The van der Waals surface area contributed by atoms with E-state index in [1.54, 1.807) is 31.4 Å². The van der Waals surface area contributed by atoms with Gasteiger partial charge in [-0.25, -0.2) is 9.69 Å². The van der Waals surface area contributed by atoms with Crippen LogP contribution in [0.3, 0.4) is 0 Å². The van der Waals surface area contributed by atoms with Crippen molar-refractivity contribution in [1.82, 2.24) is 4.90 Å². The van der Waals surface area contributed by atoms with E-state index in [9.17, 15) is 14.4 Å². The molecule has 150 valence electrons. The van der Waals surface area contributed by atoms with Gasteiger partial charge in [-0.2, -0.15) is 0 Å². The lowest BCUT2D eigenvalue weighted by atomic mass is 9.94. The van der Waals surface area contributed by atoms with Gasteiger partial charge in [-0.05, 0) is 42.7 Å². The van der Waals surface area contributed by atoms with Crippen LogP contribution in [0.5, 0.6) is 5.75 Å². The summed E-state index contributed by atoms with van der Waals surface area (Å²) >= 11 is 0. The molecular weight excluding hydrogens is 372 g/mol. The molecule has 3 amide bonds. The number of carbonyl (C=O) groups excluding carboxylic acids is 3. The summed E-state index contributed by atoms with van der Waals surface area (Å²) in [5, 5.41) is 0. The number of likely N-dealkylation sites (tertiary alicyclic amines) is 1. The van der Waals surface area contributed by atoms with Crippen molar-refractivity contribution in [3.63, 3.8) is 0 Å². The largest absolute Gasteiger partial charge is 0.497 e. The molecule has 2 aromatic carbocycles. The van der Waals surface area contributed by atoms with Gasteiger partial charge in [0.2, 0.25) is 5.91 Å². The zero-order chi connectivity index (χ0) is 20.4. The van der Waals surface area contributed by atoms with Gasteiger partial charge < -0.3 is 9.47 Å². The summed E-state index contributed by atoms with van der Waals surface area (Å²) in [7, 11) is 1.55. The van der Waals surface area contributed by atoms with Crippen molar-refractivity contribution in [1.29, 1.82) is 0 Å². The normalized spacial score (nSPS) is 21.1. The zero-order valence-corrected chi connectivity index (χ0v) is 16.2. The Balaban J connectivity index is 1.53. The number of nitrogens with zero attached hydrogens (tertiary/aromatic N) is 2. The fourth-order valence-electron chi connectivity index (χ4n) is 4.07. The molecule has 0 N–H and O–H groups in total. The van der Waals surface area contributed by atoms with E-state index < -0.39 is 11.6 Å². The van der Waals surface area contributed by atoms with Crippen LogP contribution in [0.4, 0.5) is 10.5 Å². The molecule has 7 nitrogen and oxygen atoms in total. The van der Waals surface area contributed by atoms with E-state index in [1.807, 2.05) is 30.3 Å². The van der Waals surface area contributed by atoms with E-state index in [0.29, 0.717) is 30.8 Å². The molecule has 0 radical (unpaired) electrons. The molecule has 2 fully saturated rings. The lowest BCUT2D eigenvalue weighted by Crippen LogP contribution is -2.53. The number of rotatable bonds is 4. The van der Waals surface area contributed by atoms with Crippen molar-refractivity contribution < 1.29 is 23.9 Å². The second-order valence-corrected chi connectivity index (χ2v) is 7.24. The minimum absolute atomic E-state index is 0.0295. The van der Waals surface area contributed by atoms with Crippen molar-refractivity contribution in [2.24, 2.45) is 0 Å². The van der Waals surface area contributed by atoms with E-state index in [2.05, 4.69) is 0 Å². The van der Waals surface area contributed by atoms with Crippen molar-refractivity contribution in [3.8, 4) is 5.75 Å². The number of methoxy groups -OCH3 is 1. The van der Waals surface area contributed by atoms with Crippen LogP contribution in [-0.4, -0.2) is 42.0 Å². The molecule has 29 heavy (non-hydrogen) atoms. The molecule has 0 saturated carbocycles. The SMILES string of the molecule is COc1ccc(N2C(=O)C[C@]3(CCCN3C(=O)OCc3ccccc3)C2=O)cc1. The molecule has 7 heteroatoms. The molecule has 2 aromatic rings. The smallest absolute Gasteiger partial charge is 0.411 e. The van der Waals surface area contributed by atoms with Gasteiger partial charge in [0.05, 0.1) is 19.2 Å². The first kappa shape index (κ1) is 19.0. The molecular formula is C22H22N2O5. The molecule has 2 saturated heterocycles. The van der Waals surface area contributed by atoms with E-state index in [1.165, 1.54) is 9.80 Å². The maximum atomic E-state index is 13.3. The molecule has 0 aromatic heterocycles. The number of hydrogen-bond donors (Lipinski definition) is 0. The average molecular weight is 394 g/mol. The van der Waals surface area contributed by atoms with Gasteiger partial charge in [-0.15, -0.1) is 0 Å². The molecule has 4 rings (SSSR count). The van der Waals surface area contributed by atoms with Crippen molar-refractivity contribution in [3.05, 3.63) is 60.2 Å². The van der Waals surface area contributed by atoms with Crippen molar-refractivity contribution in [2.75, 3.05) is 18.6 Å². The predicted molar refractivity (Wildman–Crippen MR) is 105 cm³/mol. The standard InChI is InChI=1S/C22H22N2O5/c1-28-18-10-8-17(9-11-18)24-19(25)14-22(20(24)26)12-5-13-23(22)21(27)29-15-16-6-3-2-4-7-16/h2-4,6-11H,5,12-15H2,1H3/t22-/m1/s1. The Morgan fingerprint density at radius 3 is 2.48 bits per heavy atom. The van der Waals surface area contributed by atoms with E-state index in [0.717, 1.165) is 5.56 Å². The van der Waals surface area contributed by atoms with Gasteiger partial charge >= 0.3 is 6.09 Å². The van der Waals surface area contributed by atoms with E-state index >= 15 is 0 Å². The maximum absolute atomic E-state index is 13.3. The highest BCUT2D eigenvalue weighted by molar-refractivity contribution is 6.25. The number of ether oxygens (including phenoxy) is 2. The summed E-state index contributed by atoms with van der Waals surface area (Å²) in [6, 6.07) is 16.1. The molecule has 0 unspecified atom stereocenters. The number of amides is 3. The Kier molecular flexibility index (Phi) is 4.96. The average Bonchev–Trinajstić information content (AvgIpc) is 3.28. The Morgan fingerprint density at radius 2 is 1.79 bits per heavy atom. The summed E-state index contributed by atoms with van der Waals surface area (Å²) in [5.74, 6) is -0.0562. The van der Waals surface area contributed by atoms with Gasteiger partial charge in [-0.1, -0.05) is 30.3 Å². The number of benzene rings is 2. The highest BCUT2D eigenvalue weighted by atomic mass is 16.6. The lowest BCUT2D eigenvalue weighted by Gasteiger charge is -2.31. The molecule has 2 heterocycles. The topological polar surface area (TPSA) is 76.2 Å². The second-order valence-electron chi connectivity index (χ2n) is 7.24. The number of hydrogen-bond acceptors (Lipinski definition) is 5. The fraction of sp³-hybridized carbons (Fsp3) is 0.318. The first-order chi connectivity index (χ1) is 14.0. The van der Waals surface area contributed by atoms with Gasteiger partial charge in [0.1, 0.15) is 17.9 Å². The number of anilines is 1. The first-order valence-electron chi connectivity index (χ1n) is 9.55. The van der Waals surface area contributed by atoms with Crippen LogP contribution in [0.15, 0.2) is 54.6 Å². The molecule has 2 aliphatic heterocycles. The third kappa shape index (κ3) is 3.33. The maximum Gasteiger partial charge on any atom is 0.411 e. The summed E-state index contributed by atoms with van der Waals surface area (Å²) < 4.78 is 10.6. The third-order valence-electron chi connectivity index (χ3n) is 5.54. The molecule has 1 spiro atoms. The second kappa shape index (κ2) is 7.58. The van der Waals surface area contributed by atoms with Gasteiger partial charge in [0, 0.05) is 6.54 Å². The monoisotopic (exact) mass is 394 g/mol. The minimum Gasteiger partial charge on any atom is -0.497 e. The zero-order valence-electron chi connectivity index (χ0n) is 16.2. The Morgan fingerprint density at radius 1 is 1.07 bits per heavy atom. The van der Waals surface area contributed by atoms with Crippen LogP contribution in [0.2, 0.25) is 0 Å². The third-order valence-corrected chi connectivity index (χ3v) is 5.54. The van der Waals surface area contributed by atoms with Crippen molar-refractivity contribution in [2.45, 2.75) is 31.4 Å². The van der Waals surface area contributed by atoms with Gasteiger partial charge in [0.25, 0.3) is 5.91 Å². The Hall–Kier alpha value is -3.35. The Labute approximate surface area is 168 Å². The quantitative estimate of drug-likeness (QED) is 0.745. The number of imide groups is 1. The van der Waals surface area contributed by atoms with Gasteiger partial charge in [-0.3, -0.25) is 14.5 Å². The van der Waals surface area contributed by atoms with Crippen LogP contribution in [0.25, 0.3) is 0 Å². The lowest BCUT2D eigenvalue weighted by molar-refractivity contribution is -0.126.